The van der Waals surface area contributed by atoms with Crippen molar-refractivity contribution in [3.05, 3.63) is 77.1 Å². The van der Waals surface area contributed by atoms with Crippen LogP contribution in [0.2, 0.25) is 0 Å². The zero-order valence-corrected chi connectivity index (χ0v) is 12.9. The number of pyridine rings is 1. The van der Waals surface area contributed by atoms with E-state index >= 15 is 0 Å². The van der Waals surface area contributed by atoms with Crippen molar-refractivity contribution in [3.63, 3.8) is 0 Å². The Kier molecular flexibility index (Phi) is 3.43. The molecular weight excluding hydrogens is 321 g/mol. The molecule has 3 N–H and O–H groups in total. The highest BCUT2D eigenvalue weighted by molar-refractivity contribution is 5.68. The maximum Gasteiger partial charge on any atom is 0.244 e. The van der Waals surface area contributed by atoms with Crippen LogP contribution in [0.5, 0.6) is 5.88 Å². The van der Waals surface area contributed by atoms with E-state index in [2.05, 4.69) is 21.3 Å². The van der Waals surface area contributed by atoms with Crippen molar-refractivity contribution in [1.82, 2.24) is 15.2 Å². The Labute approximate surface area is 142 Å². The highest BCUT2D eigenvalue weighted by Gasteiger charge is 2.35. The fourth-order valence-corrected chi connectivity index (χ4v) is 2.94. The molecular formula is C18H12FN5O. The highest BCUT2D eigenvalue weighted by Crippen LogP contribution is 2.45. The number of halogens is 1. The van der Waals surface area contributed by atoms with Gasteiger partial charge in [-0.15, -0.1) is 5.10 Å². The second kappa shape index (κ2) is 5.76. The Hall–Kier alpha value is -3.66. The van der Waals surface area contributed by atoms with Crippen LogP contribution in [0.15, 0.2) is 60.1 Å². The summed E-state index contributed by atoms with van der Waals surface area (Å²) in [4.78, 5) is 4.32. The number of hydrogen-bond acceptors (Lipinski definition) is 5. The SMILES string of the molecule is N#CC1=C(N)Oc2n[nH]c(-c3ccccn3)c2[C@H]1c1ccc(F)cc1. The lowest BCUT2D eigenvalue weighted by Crippen LogP contribution is -2.21. The van der Waals surface area contributed by atoms with Crippen LogP contribution in [0.4, 0.5) is 4.39 Å². The Morgan fingerprint density at radius 2 is 2.00 bits per heavy atom. The maximum atomic E-state index is 13.3. The number of allylic oxidation sites excluding steroid dienone is 1. The van der Waals surface area contributed by atoms with Gasteiger partial charge in [0.15, 0.2) is 0 Å². The first kappa shape index (κ1) is 14.9. The van der Waals surface area contributed by atoms with Crippen LogP contribution in [0.3, 0.4) is 0 Å². The van der Waals surface area contributed by atoms with E-state index in [1.54, 1.807) is 24.4 Å². The number of aromatic nitrogens is 3. The lowest BCUT2D eigenvalue weighted by Gasteiger charge is -2.23. The molecule has 6 nitrogen and oxygen atoms in total. The highest BCUT2D eigenvalue weighted by atomic mass is 19.1. The fraction of sp³-hybridized carbons (Fsp3) is 0.0556. The van der Waals surface area contributed by atoms with Crippen LogP contribution in [0.25, 0.3) is 11.4 Å². The van der Waals surface area contributed by atoms with Crippen LogP contribution in [-0.2, 0) is 0 Å². The summed E-state index contributed by atoms with van der Waals surface area (Å²) < 4.78 is 18.8. The lowest BCUT2D eigenvalue weighted by molar-refractivity contribution is 0.379. The van der Waals surface area contributed by atoms with Crippen LogP contribution in [0.1, 0.15) is 17.0 Å². The molecule has 3 heterocycles. The van der Waals surface area contributed by atoms with Gasteiger partial charge in [-0.3, -0.25) is 10.1 Å². The molecule has 1 atom stereocenters. The molecule has 0 bridgehead atoms. The van der Waals surface area contributed by atoms with Gasteiger partial charge >= 0.3 is 0 Å². The minimum absolute atomic E-state index is 0.0107. The summed E-state index contributed by atoms with van der Waals surface area (Å²) in [5.41, 5.74) is 8.80. The van der Waals surface area contributed by atoms with Gasteiger partial charge in [0, 0.05) is 6.20 Å². The number of nitrogens with one attached hydrogen (secondary N) is 1. The van der Waals surface area contributed by atoms with Gasteiger partial charge in [-0.05, 0) is 29.8 Å². The Morgan fingerprint density at radius 1 is 1.20 bits per heavy atom. The fourth-order valence-electron chi connectivity index (χ4n) is 2.94. The van der Waals surface area contributed by atoms with Gasteiger partial charge in [0.05, 0.1) is 22.9 Å². The maximum absolute atomic E-state index is 13.3. The number of rotatable bonds is 2. The predicted molar refractivity (Wildman–Crippen MR) is 87.5 cm³/mol. The van der Waals surface area contributed by atoms with Crippen molar-refractivity contribution >= 4 is 0 Å². The van der Waals surface area contributed by atoms with E-state index in [1.807, 2.05) is 12.1 Å². The number of nitrogens with two attached hydrogens (primary N) is 1. The van der Waals surface area contributed by atoms with E-state index in [-0.39, 0.29) is 23.2 Å². The molecule has 1 aromatic carbocycles. The molecule has 0 saturated heterocycles. The molecule has 4 rings (SSSR count). The summed E-state index contributed by atoms with van der Waals surface area (Å²) in [5, 5.41) is 16.7. The number of fused-ring (bicyclic) bond motifs is 1. The molecule has 0 radical (unpaired) electrons. The summed E-state index contributed by atoms with van der Waals surface area (Å²) in [6.07, 6.45) is 1.66. The van der Waals surface area contributed by atoms with Crippen molar-refractivity contribution in [2.45, 2.75) is 5.92 Å². The molecule has 0 amide bonds. The molecule has 1 aliphatic rings. The summed E-state index contributed by atoms with van der Waals surface area (Å²) in [5.74, 6) is -0.608. The number of hydrogen-bond donors (Lipinski definition) is 2. The third-order valence-corrected chi connectivity index (χ3v) is 4.06. The topological polar surface area (TPSA) is 101 Å². The molecule has 0 spiro atoms. The van der Waals surface area contributed by atoms with Gasteiger partial charge in [-0.25, -0.2) is 4.39 Å². The Balaban J connectivity index is 1.95. The molecule has 25 heavy (non-hydrogen) atoms. The molecule has 3 aromatic rings. The number of nitrogens with zero attached hydrogens (tertiary/aromatic N) is 3. The molecule has 2 aromatic heterocycles. The van der Waals surface area contributed by atoms with E-state index in [9.17, 15) is 9.65 Å². The van der Waals surface area contributed by atoms with Gasteiger partial charge in [0.2, 0.25) is 11.8 Å². The standard InChI is InChI=1S/C18H12FN5O/c19-11-6-4-10(5-7-11)14-12(9-20)17(21)25-18-15(14)16(23-24-18)13-3-1-2-8-22-13/h1-8,14H,21H2,(H,23,24)/t14-/m0/s1. The summed E-state index contributed by atoms with van der Waals surface area (Å²) >= 11 is 0. The predicted octanol–water partition coefficient (Wildman–Crippen LogP) is 2.83. The molecule has 0 saturated carbocycles. The lowest BCUT2D eigenvalue weighted by atomic mass is 9.83. The van der Waals surface area contributed by atoms with Crippen molar-refractivity contribution < 1.29 is 9.13 Å². The van der Waals surface area contributed by atoms with E-state index in [0.717, 1.165) is 0 Å². The first-order valence-electron chi connectivity index (χ1n) is 7.51. The molecule has 1 aliphatic heterocycles. The Morgan fingerprint density at radius 3 is 2.68 bits per heavy atom. The first-order valence-corrected chi connectivity index (χ1v) is 7.51. The third kappa shape index (κ3) is 2.40. The van der Waals surface area contributed by atoms with Crippen molar-refractivity contribution in [3.8, 4) is 23.3 Å². The van der Waals surface area contributed by atoms with Gasteiger partial charge in [0.1, 0.15) is 17.5 Å². The van der Waals surface area contributed by atoms with Crippen molar-refractivity contribution in [2.75, 3.05) is 0 Å². The zero-order chi connectivity index (χ0) is 17.4. The number of nitriles is 1. The van der Waals surface area contributed by atoms with Gasteiger partial charge < -0.3 is 10.5 Å². The van der Waals surface area contributed by atoms with Crippen LogP contribution < -0.4 is 10.5 Å². The van der Waals surface area contributed by atoms with Crippen molar-refractivity contribution in [2.24, 2.45) is 5.73 Å². The quantitative estimate of drug-likeness (QED) is 0.751. The summed E-state index contributed by atoms with van der Waals surface area (Å²) in [7, 11) is 0. The number of H-pyrrole nitrogens is 1. The van der Waals surface area contributed by atoms with Crippen LogP contribution >= 0.6 is 0 Å². The second-order valence-corrected chi connectivity index (χ2v) is 5.51. The third-order valence-electron chi connectivity index (χ3n) is 4.06. The second-order valence-electron chi connectivity index (χ2n) is 5.51. The largest absolute Gasteiger partial charge is 0.420 e. The molecule has 0 aliphatic carbocycles. The number of aromatic amines is 1. The molecule has 122 valence electrons. The molecule has 0 fully saturated rings. The zero-order valence-electron chi connectivity index (χ0n) is 12.9. The number of benzene rings is 1. The monoisotopic (exact) mass is 333 g/mol. The van der Waals surface area contributed by atoms with E-state index < -0.39 is 5.92 Å². The average Bonchev–Trinajstić information content (AvgIpc) is 3.05. The van der Waals surface area contributed by atoms with E-state index in [4.69, 9.17) is 10.5 Å². The van der Waals surface area contributed by atoms with E-state index in [0.29, 0.717) is 22.5 Å². The Bertz CT molecular complexity index is 1000. The smallest absolute Gasteiger partial charge is 0.244 e. The average molecular weight is 333 g/mol. The van der Waals surface area contributed by atoms with Gasteiger partial charge in [0.25, 0.3) is 0 Å². The van der Waals surface area contributed by atoms with Crippen LogP contribution in [-0.4, -0.2) is 15.2 Å². The first-order chi connectivity index (χ1) is 12.2. The minimum Gasteiger partial charge on any atom is -0.420 e. The van der Waals surface area contributed by atoms with Gasteiger partial charge in [-0.2, -0.15) is 5.26 Å². The van der Waals surface area contributed by atoms with Gasteiger partial charge in [-0.1, -0.05) is 18.2 Å². The normalized spacial score (nSPS) is 16.1. The summed E-state index contributed by atoms with van der Waals surface area (Å²) in [6, 6.07) is 13.5. The number of ether oxygens (including phenoxy) is 1. The molecule has 0 unspecified atom stereocenters. The minimum atomic E-state index is -0.523. The summed E-state index contributed by atoms with van der Waals surface area (Å²) in [6.45, 7) is 0. The van der Waals surface area contributed by atoms with Crippen molar-refractivity contribution in [1.29, 1.82) is 5.26 Å². The van der Waals surface area contributed by atoms with E-state index in [1.165, 1.54) is 12.1 Å². The molecule has 7 heteroatoms. The van der Waals surface area contributed by atoms with Crippen LogP contribution in [0, 0.1) is 17.1 Å².